The van der Waals surface area contributed by atoms with Crippen LogP contribution in [0.5, 0.6) is 0 Å². The first kappa shape index (κ1) is 13.6. The van der Waals surface area contributed by atoms with Crippen molar-refractivity contribution in [3.63, 3.8) is 0 Å². The minimum atomic E-state index is -3.14. The molecule has 0 bridgehead atoms. The van der Waals surface area contributed by atoms with Gasteiger partial charge >= 0.3 is 0 Å². The molecule has 8 heteroatoms. The van der Waals surface area contributed by atoms with Crippen LogP contribution in [0, 0.1) is 0 Å². The van der Waals surface area contributed by atoms with E-state index in [1.165, 1.54) is 6.26 Å². The molecule has 1 aliphatic heterocycles. The van der Waals surface area contributed by atoms with Gasteiger partial charge in [-0.3, -0.25) is 4.98 Å². The summed E-state index contributed by atoms with van der Waals surface area (Å²) < 4.78 is 23.6. The van der Waals surface area contributed by atoms with Gasteiger partial charge < -0.3 is 10.6 Å². The number of thioether (sulfide) groups is 1. The number of hydrogen-bond donors (Lipinski definition) is 1. The molecule has 2 N–H and O–H groups in total. The zero-order chi connectivity index (χ0) is 13.2. The first-order valence-corrected chi connectivity index (χ1v) is 8.67. The van der Waals surface area contributed by atoms with E-state index >= 15 is 0 Å². The first-order chi connectivity index (χ1) is 8.52. The Balaban J connectivity index is 2.33. The van der Waals surface area contributed by atoms with E-state index in [0.29, 0.717) is 30.4 Å². The Labute approximate surface area is 111 Å². The lowest BCUT2D eigenvalue weighted by atomic mass is 10.4. The van der Waals surface area contributed by atoms with Crippen molar-refractivity contribution in [2.45, 2.75) is 11.9 Å². The molecule has 2 rings (SSSR count). The second-order valence-electron chi connectivity index (χ2n) is 4.13. The second-order valence-corrected chi connectivity index (χ2v) is 7.48. The Hall–Kier alpha value is -0.860. The van der Waals surface area contributed by atoms with E-state index in [0.717, 1.165) is 5.75 Å². The van der Waals surface area contributed by atoms with Crippen LogP contribution in [0.25, 0.3) is 0 Å². The zero-order valence-corrected chi connectivity index (χ0v) is 11.7. The Morgan fingerprint density at radius 1 is 1.56 bits per heavy atom. The monoisotopic (exact) mass is 288 g/mol. The van der Waals surface area contributed by atoms with Crippen LogP contribution in [0.1, 0.15) is 5.69 Å². The normalized spacial score (nSPS) is 21.0. The molecule has 100 valence electrons. The van der Waals surface area contributed by atoms with Gasteiger partial charge in [-0.1, -0.05) is 0 Å². The van der Waals surface area contributed by atoms with Crippen molar-refractivity contribution in [1.29, 1.82) is 0 Å². The Morgan fingerprint density at radius 3 is 3.00 bits per heavy atom. The average molecular weight is 288 g/mol. The third-order valence-corrected chi connectivity index (χ3v) is 5.40. The van der Waals surface area contributed by atoms with Gasteiger partial charge in [0.25, 0.3) is 0 Å². The number of hydrogen-bond acceptors (Lipinski definition) is 7. The standard InChI is InChI=1S/C10H16N4O2S2/c1-18(15,16)10-7-17-3-2-14(10)9-6-12-5-8(4-11)13-9/h5-6,10H,2-4,7,11H2,1H3. The zero-order valence-electron chi connectivity index (χ0n) is 10.1. The summed E-state index contributed by atoms with van der Waals surface area (Å²) in [6.07, 6.45) is 4.45. The topological polar surface area (TPSA) is 89.2 Å². The Bertz CT molecular complexity index is 520. The molecule has 6 nitrogen and oxygen atoms in total. The number of rotatable bonds is 3. The molecule has 1 aromatic rings. The van der Waals surface area contributed by atoms with Crippen LogP contribution in [0.15, 0.2) is 12.4 Å². The summed E-state index contributed by atoms with van der Waals surface area (Å²) in [5, 5.41) is -0.529. The van der Waals surface area contributed by atoms with Gasteiger partial charge in [0.1, 0.15) is 11.2 Å². The summed E-state index contributed by atoms with van der Waals surface area (Å²) in [7, 11) is -3.14. The predicted molar refractivity (Wildman–Crippen MR) is 73.2 cm³/mol. The molecule has 0 saturated carbocycles. The second kappa shape index (κ2) is 5.41. The van der Waals surface area contributed by atoms with Crippen molar-refractivity contribution >= 4 is 27.4 Å². The molecule has 0 radical (unpaired) electrons. The smallest absolute Gasteiger partial charge is 0.169 e. The molecular weight excluding hydrogens is 272 g/mol. The molecule has 2 heterocycles. The maximum atomic E-state index is 11.8. The van der Waals surface area contributed by atoms with E-state index in [2.05, 4.69) is 9.97 Å². The highest BCUT2D eigenvalue weighted by atomic mass is 32.2. The van der Waals surface area contributed by atoms with Crippen LogP contribution in [-0.4, -0.2) is 48.1 Å². The summed E-state index contributed by atoms with van der Waals surface area (Å²) in [6.45, 7) is 0.956. The van der Waals surface area contributed by atoms with Crippen LogP contribution in [0.4, 0.5) is 5.82 Å². The lowest BCUT2D eigenvalue weighted by Crippen LogP contribution is -2.47. The molecular formula is C10H16N4O2S2. The van der Waals surface area contributed by atoms with Crippen molar-refractivity contribution < 1.29 is 8.42 Å². The number of sulfone groups is 1. The quantitative estimate of drug-likeness (QED) is 0.828. The number of anilines is 1. The summed E-state index contributed by atoms with van der Waals surface area (Å²) in [4.78, 5) is 10.2. The molecule has 0 spiro atoms. The van der Waals surface area contributed by atoms with E-state index in [9.17, 15) is 8.42 Å². The third kappa shape index (κ3) is 2.93. The van der Waals surface area contributed by atoms with E-state index in [4.69, 9.17) is 5.73 Å². The number of nitrogens with zero attached hydrogens (tertiary/aromatic N) is 3. The Morgan fingerprint density at radius 2 is 2.33 bits per heavy atom. The molecule has 0 amide bonds. The van der Waals surface area contributed by atoms with Crippen LogP contribution < -0.4 is 10.6 Å². The largest absolute Gasteiger partial charge is 0.337 e. The SMILES string of the molecule is CS(=O)(=O)C1CSCCN1c1cncc(CN)n1. The van der Waals surface area contributed by atoms with Gasteiger partial charge in [0.05, 0.1) is 11.9 Å². The van der Waals surface area contributed by atoms with E-state index < -0.39 is 15.2 Å². The maximum Gasteiger partial charge on any atom is 0.169 e. The fraction of sp³-hybridized carbons (Fsp3) is 0.600. The van der Waals surface area contributed by atoms with Crippen LogP contribution in [-0.2, 0) is 16.4 Å². The molecule has 18 heavy (non-hydrogen) atoms. The van der Waals surface area contributed by atoms with E-state index in [-0.39, 0.29) is 0 Å². The molecule has 1 aliphatic rings. The summed E-state index contributed by atoms with van der Waals surface area (Å²) in [6, 6.07) is 0. The lowest BCUT2D eigenvalue weighted by molar-refractivity contribution is 0.583. The van der Waals surface area contributed by atoms with Gasteiger partial charge in [0.2, 0.25) is 0 Å². The molecule has 1 unspecified atom stereocenters. The van der Waals surface area contributed by atoms with Gasteiger partial charge in [0.15, 0.2) is 9.84 Å². The molecule has 0 aliphatic carbocycles. The Kier molecular flexibility index (Phi) is 4.08. The number of nitrogens with two attached hydrogens (primary N) is 1. The average Bonchev–Trinajstić information content (AvgIpc) is 2.38. The minimum Gasteiger partial charge on any atom is -0.337 e. The van der Waals surface area contributed by atoms with Gasteiger partial charge in [-0.05, 0) is 0 Å². The van der Waals surface area contributed by atoms with E-state index in [1.807, 2.05) is 0 Å². The summed E-state index contributed by atoms with van der Waals surface area (Å²) in [5.41, 5.74) is 6.19. The van der Waals surface area contributed by atoms with Gasteiger partial charge in [-0.25, -0.2) is 13.4 Å². The molecule has 1 saturated heterocycles. The fourth-order valence-electron chi connectivity index (χ4n) is 1.83. The highest BCUT2D eigenvalue weighted by Crippen LogP contribution is 2.24. The van der Waals surface area contributed by atoms with Crippen molar-refractivity contribution in [3.05, 3.63) is 18.1 Å². The molecule has 1 aromatic heterocycles. The molecule has 1 atom stereocenters. The van der Waals surface area contributed by atoms with Crippen molar-refractivity contribution in [2.24, 2.45) is 5.73 Å². The first-order valence-electron chi connectivity index (χ1n) is 5.56. The van der Waals surface area contributed by atoms with Gasteiger partial charge in [-0.2, -0.15) is 11.8 Å². The maximum absolute atomic E-state index is 11.8. The van der Waals surface area contributed by atoms with Crippen molar-refractivity contribution in [2.75, 3.05) is 29.2 Å². The van der Waals surface area contributed by atoms with Crippen molar-refractivity contribution in [3.8, 4) is 0 Å². The summed E-state index contributed by atoms with van der Waals surface area (Å²) in [5.74, 6) is 2.04. The van der Waals surface area contributed by atoms with Gasteiger partial charge in [0, 0.05) is 37.0 Å². The molecule has 1 fully saturated rings. The lowest BCUT2D eigenvalue weighted by Gasteiger charge is -2.34. The highest BCUT2D eigenvalue weighted by Gasteiger charge is 2.32. The van der Waals surface area contributed by atoms with Crippen molar-refractivity contribution in [1.82, 2.24) is 9.97 Å². The van der Waals surface area contributed by atoms with Crippen LogP contribution in [0.2, 0.25) is 0 Å². The fourth-order valence-corrected chi connectivity index (χ4v) is 4.66. The van der Waals surface area contributed by atoms with Crippen LogP contribution in [0.3, 0.4) is 0 Å². The predicted octanol–water partition coefficient (Wildman–Crippen LogP) is -0.141. The van der Waals surface area contributed by atoms with Crippen LogP contribution >= 0.6 is 11.8 Å². The minimum absolute atomic E-state index is 0.299. The van der Waals surface area contributed by atoms with E-state index in [1.54, 1.807) is 29.1 Å². The number of aromatic nitrogens is 2. The van der Waals surface area contributed by atoms with Gasteiger partial charge in [-0.15, -0.1) is 0 Å². The summed E-state index contributed by atoms with van der Waals surface area (Å²) >= 11 is 1.64. The highest BCUT2D eigenvalue weighted by molar-refractivity contribution is 8.01. The third-order valence-electron chi connectivity index (χ3n) is 2.75. The molecule has 0 aromatic carbocycles.